The molecule has 7 nitrogen and oxygen atoms in total. The molecule has 0 aliphatic rings. The SMILES string of the molecule is CSCC[C@H](N)C(=O)NCC(=O)C[C@@H](CCCCCC(=O)OCc1ccccc1)C(C)=O. The van der Waals surface area contributed by atoms with E-state index in [0.29, 0.717) is 25.7 Å². The van der Waals surface area contributed by atoms with E-state index < -0.39 is 6.04 Å². The maximum absolute atomic E-state index is 12.2. The molecular formula is C24H36N2O5S. The summed E-state index contributed by atoms with van der Waals surface area (Å²) in [6.45, 7) is 1.64. The number of hydrogen-bond donors (Lipinski definition) is 2. The summed E-state index contributed by atoms with van der Waals surface area (Å²) in [5, 5.41) is 2.56. The van der Waals surface area contributed by atoms with Gasteiger partial charge in [-0.2, -0.15) is 11.8 Å². The van der Waals surface area contributed by atoms with Crippen LogP contribution in [0.5, 0.6) is 0 Å². The Morgan fingerprint density at radius 2 is 1.78 bits per heavy atom. The quantitative estimate of drug-likeness (QED) is 0.269. The van der Waals surface area contributed by atoms with Crippen molar-refractivity contribution in [3.63, 3.8) is 0 Å². The molecule has 3 N–H and O–H groups in total. The Hall–Kier alpha value is -2.19. The zero-order valence-electron chi connectivity index (χ0n) is 19.1. The van der Waals surface area contributed by atoms with Crippen molar-refractivity contribution in [3.05, 3.63) is 35.9 Å². The minimum Gasteiger partial charge on any atom is -0.461 e. The van der Waals surface area contributed by atoms with Crippen molar-refractivity contribution in [1.29, 1.82) is 0 Å². The van der Waals surface area contributed by atoms with Gasteiger partial charge in [0, 0.05) is 18.8 Å². The first-order chi connectivity index (χ1) is 15.3. The van der Waals surface area contributed by atoms with Crippen molar-refractivity contribution in [2.45, 2.75) is 64.5 Å². The Labute approximate surface area is 195 Å². The Kier molecular flexibility index (Phi) is 14.3. The Morgan fingerprint density at radius 1 is 1.06 bits per heavy atom. The molecule has 0 aliphatic carbocycles. The number of thioether (sulfide) groups is 1. The summed E-state index contributed by atoms with van der Waals surface area (Å²) < 4.78 is 5.25. The lowest BCUT2D eigenvalue weighted by Crippen LogP contribution is -2.43. The third-order valence-corrected chi connectivity index (χ3v) is 5.80. The van der Waals surface area contributed by atoms with Gasteiger partial charge in [0.25, 0.3) is 0 Å². The van der Waals surface area contributed by atoms with Crippen LogP contribution in [0.1, 0.15) is 57.4 Å². The van der Waals surface area contributed by atoms with Gasteiger partial charge in [-0.1, -0.05) is 43.2 Å². The third-order valence-electron chi connectivity index (χ3n) is 5.15. The number of ketones is 2. The summed E-state index contributed by atoms with van der Waals surface area (Å²) in [7, 11) is 0. The minimum absolute atomic E-state index is 0.0383. The first-order valence-electron chi connectivity index (χ1n) is 11.1. The van der Waals surface area contributed by atoms with E-state index in [2.05, 4.69) is 5.32 Å². The zero-order valence-corrected chi connectivity index (χ0v) is 20.0. The van der Waals surface area contributed by atoms with Gasteiger partial charge in [-0.3, -0.25) is 19.2 Å². The number of hydrogen-bond acceptors (Lipinski definition) is 7. The largest absolute Gasteiger partial charge is 0.461 e. The molecular weight excluding hydrogens is 428 g/mol. The number of unbranched alkanes of at least 4 members (excludes halogenated alkanes) is 2. The lowest BCUT2D eigenvalue weighted by Gasteiger charge is -2.14. The van der Waals surface area contributed by atoms with Gasteiger partial charge in [-0.05, 0) is 43.8 Å². The lowest BCUT2D eigenvalue weighted by atomic mass is 9.92. The van der Waals surface area contributed by atoms with Crippen LogP contribution in [-0.4, -0.2) is 48.0 Å². The maximum atomic E-state index is 12.2. The zero-order chi connectivity index (χ0) is 23.8. The Morgan fingerprint density at radius 3 is 2.44 bits per heavy atom. The molecule has 0 saturated carbocycles. The first-order valence-corrected chi connectivity index (χ1v) is 12.5. The van der Waals surface area contributed by atoms with Crippen LogP contribution in [0.3, 0.4) is 0 Å². The number of carbonyl (C=O) groups is 4. The molecule has 1 aromatic carbocycles. The average Bonchev–Trinajstić information content (AvgIpc) is 2.79. The fraction of sp³-hybridized carbons (Fsp3) is 0.583. The Bertz CT molecular complexity index is 726. The van der Waals surface area contributed by atoms with Crippen molar-refractivity contribution >= 4 is 35.2 Å². The monoisotopic (exact) mass is 464 g/mol. The molecule has 0 unspecified atom stereocenters. The number of ether oxygens (including phenoxy) is 1. The van der Waals surface area contributed by atoms with Gasteiger partial charge in [0.15, 0.2) is 5.78 Å². The average molecular weight is 465 g/mol. The van der Waals surface area contributed by atoms with E-state index in [4.69, 9.17) is 10.5 Å². The number of amides is 1. The standard InChI is InChI=1S/C24H36N2O5S/c1-18(27)20(15-21(28)16-26-24(30)22(25)13-14-32-2)11-7-4-8-12-23(29)31-17-19-9-5-3-6-10-19/h3,5-6,9-10,20,22H,4,7-8,11-17,25H2,1-2H3,(H,26,30)/t20-,22+/m1/s1. The van der Waals surface area contributed by atoms with Crippen molar-refractivity contribution in [1.82, 2.24) is 5.32 Å². The molecule has 1 amide bonds. The molecule has 1 aromatic rings. The predicted octanol–water partition coefficient (Wildman–Crippen LogP) is 3.04. The highest BCUT2D eigenvalue weighted by Gasteiger charge is 2.20. The number of benzene rings is 1. The highest BCUT2D eigenvalue weighted by atomic mass is 32.2. The molecule has 0 heterocycles. The van der Waals surface area contributed by atoms with Crippen molar-refractivity contribution in [2.75, 3.05) is 18.6 Å². The molecule has 8 heteroatoms. The smallest absolute Gasteiger partial charge is 0.306 e. The Balaban J connectivity index is 2.21. The van der Waals surface area contributed by atoms with Gasteiger partial charge in [-0.25, -0.2) is 0 Å². The fourth-order valence-electron chi connectivity index (χ4n) is 3.14. The second-order valence-electron chi connectivity index (χ2n) is 7.90. The number of esters is 1. The molecule has 0 bridgehead atoms. The normalized spacial score (nSPS) is 12.6. The van der Waals surface area contributed by atoms with Crippen LogP contribution in [0.2, 0.25) is 0 Å². The molecule has 1 rings (SSSR count). The molecule has 2 atom stereocenters. The summed E-state index contributed by atoms with van der Waals surface area (Å²) >= 11 is 1.61. The van der Waals surface area contributed by atoms with E-state index >= 15 is 0 Å². The highest BCUT2D eigenvalue weighted by Crippen LogP contribution is 2.16. The number of rotatable bonds is 17. The van der Waals surface area contributed by atoms with Crippen LogP contribution in [-0.2, 0) is 30.5 Å². The number of nitrogens with two attached hydrogens (primary N) is 1. The lowest BCUT2D eigenvalue weighted by molar-refractivity contribution is -0.145. The molecule has 0 spiro atoms. The summed E-state index contributed by atoms with van der Waals surface area (Å²) in [6, 6.07) is 8.89. The van der Waals surface area contributed by atoms with E-state index in [1.165, 1.54) is 6.92 Å². The predicted molar refractivity (Wildman–Crippen MR) is 127 cm³/mol. The van der Waals surface area contributed by atoms with E-state index in [1.807, 2.05) is 36.6 Å². The summed E-state index contributed by atoms with van der Waals surface area (Å²) in [5.41, 5.74) is 6.73. The van der Waals surface area contributed by atoms with Gasteiger partial charge in [0.1, 0.15) is 12.4 Å². The number of Topliss-reactive ketones (excluding diaryl/α,β-unsaturated/α-hetero) is 2. The first kappa shape index (κ1) is 27.8. The second kappa shape index (κ2) is 16.4. The van der Waals surface area contributed by atoms with E-state index in [-0.39, 0.29) is 48.9 Å². The van der Waals surface area contributed by atoms with Crippen LogP contribution in [0, 0.1) is 5.92 Å². The molecule has 0 fully saturated rings. The van der Waals surface area contributed by atoms with Crippen LogP contribution in [0.15, 0.2) is 30.3 Å². The summed E-state index contributed by atoms with van der Waals surface area (Å²) in [6.07, 6.45) is 5.71. The van der Waals surface area contributed by atoms with Gasteiger partial charge < -0.3 is 15.8 Å². The highest BCUT2D eigenvalue weighted by molar-refractivity contribution is 7.98. The number of carbonyl (C=O) groups excluding carboxylic acids is 4. The van der Waals surface area contributed by atoms with E-state index in [1.54, 1.807) is 11.8 Å². The molecule has 0 saturated heterocycles. The van der Waals surface area contributed by atoms with Gasteiger partial charge >= 0.3 is 5.97 Å². The fourth-order valence-corrected chi connectivity index (χ4v) is 3.63. The van der Waals surface area contributed by atoms with Crippen LogP contribution >= 0.6 is 11.8 Å². The maximum Gasteiger partial charge on any atom is 0.306 e. The minimum atomic E-state index is -0.627. The molecule has 178 valence electrons. The van der Waals surface area contributed by atoms with E-state index in [9.17, 15) is 19.2 Å². The molecule has 0 aliphatic heterocycles. The van der Waals surface area contributed by atoms with Crippen LogP contribution < -0.4 is 11.1 Å². The molecule has 0 aromatic heterocycles. The summed E-state index contributed by atoms with van der Waals surface area (Å²) in [4.78, 5) is 47.8. The second-order valence-corrected chi connectivity index (χ2v) is 8.89. The third kappa shape index (κ3) is 12.6. The van der Waals surface area contributed by atoms with E-state index in [0.717, 1.165) is 24.2 Å². The molecule has 0 radical (unpaired) electrons. The van der Waals surface area contributed by atoms with Gasteiger partial charge in [0.05, 0.1) is 12.6 Å². The van der Waals surface area contributed by atoms with Gasteiger partial charge in [-0.15, -0.1) is 0 Å². The van der Waals surface area contributed by atoms with Crippen LogP contribution in [0.4, 0.5) is 0 Å². The van der Waals surface area contributed by atoms with Crippen molar-refractivity contribution < 1.29 is 23.9 Å². The summed E-state index contributed by atoms with van der Waals surface area (Å²) in [5.74, 6) is -0.387. The van der Waals surface area contributed by atoms with Gasteiger partial charge in [0.2, 0.25) is 5.91 Å². The number of nitrogens with one attached hydrogen (secondary N) is 1. The topological polar surface area (TPSA) is 116 Å². The van der Waals surface area contributed by atoms with Crippen molar-refractivity contribution in [3.8, 4) is 0 Å². The molecule has 32 heavy (non-hydrogen) atoms. The van der Waals surface area contributed by atoms with Crippen LogP contribution in [0.25, 0.3) is 0 Å². The van der Waals surface area contributed by atoms with Crippen molar-refractivity contribution in [2.24, 2.45) is 11.7 Å².